The van der Waals surface area contributed by atoms with Gasteiger partial charge in [0.25, 0.3) is 5.91 Å². The number of fused-ring (bicyclic) bond motifs is 1. The number of ether oxygens (including phenoxy) is 2. The summed E-state index contributed by atoms with van der Waals surface area (Å²) in [5.74, 6) is -0.00260. The van der Waals surface area contributed by atoms with Crippen LogP contribution in [0.3, 0.4) is 0 Å². The van der Waals surface area contributed by atoms with Crippen molar-refractivity contribution in [3.05, 3.63) is 35.8 Å². The number of anilines is 1. The predicted octanol–water partition coefficient (Wildman–Crippen LogP) is 2.86. The summed E-state index contributed by atoms with van der Waals surface area (Å²) in [6, 6.07) is 5.88. The van der Waals surface area contributed by atoms with Crippen molar-refractivity contribution in [3.8, 4) is 11.6 Å². The quantitative estimate of drug-likeness (QED) is 0.413. The van der Waals surface area contributed by atoms with Crippen molar-refractivity contribution in [1.29, 1.82) is 0 Å². The molecule has 0 unspecified atom stereocenters. The third kappa shape index (κ3) is 6.09. The van der Waals surface area contributed by atoms with Gasteiger partial charge in [0, 0.05) is 50.4 Å². The standard InChI is InChI=1S/C29H39N7O5S/c1-19(2)41-25-17-22(7-10-30-25)36-28-26(27(32-36)20-5-4-6-20)24(18-23(31-28)29(37)33-42(3,38)39)35-11-8-21(9-12-35)34-13-15-40-16-14-34/h7,10,17-21H,4-6,8-9,11-16H2,1-3H3,(H,33,37). The van der Waals surface area contributed by atoms with E-state index in [9.17, 15) is 13.2 Å². The monoisotopic (exact) mass is 597 g/mol. The first-order valence-corrected chi connectivity index (χ1v) is 16.7. The highest BCUT2D eigenvalue weighted by Crippen LogP contribution is 2.43. The fourth-order valence-corrected chi connectivity index (χ4v) is 6.55. The number of carbonyl (C=O) groups excluding carboxylic acids is 1. The Labute approximate surface area is 246 Å². The van der Waals surface area contributed by atoms with Gasteiger partial charge in [0.05, 0.1) is 48.0 Å². The molecule has 1 amide bonds. The van der Waals surface area contributed by atoms with Crippen LogP contribution in [0.1, 0.15) is 68.1 Å². The van der Waals surface area contributed by atoms with E-state index in [2.05, 4.69) is 19.5 Å². The number of amides is 1. The molecule has 1 aliphatic carbocycles. The molecule has 2 aliphatic heterocycles. The molecule has 0 aromatic carbocycles. The van der Waals surface area contributed by atoms with Gasteiger partial charge < -0.3 is 14.4 Å². The molecule has 5 heterocycles. The molecular weight excluding hydrogens is 558 g/mol. The van der Waals surface area contributed by atoms with Crippen molar-refractivity contribution in [2.24, 2.45) is 0 Å². The average Bonchev–Trinajstić information content (AvgIpc) is 3.30. The van der Waals surface area contributed by atoms with Crippen molar-refractivity contribution in [1.82, 2.24) is 29.4 Å². The van der Waals surface area contributed by atoms with Crippen molar-refractivity contribution in [3.63, 3.8) is 0 Å². The zero-order chi connectivity index (χ0) is 29.4. The fraction of sp³-hybridized carbons (Fsp3) is 0.586. The number of morpholine rings is 1. The molecule has 3 aromatic rings. The highest BCUT2D eigenvalue weighted by molar-refractivity contribution is 7.89. The minimum absolute atomic E-state index is 0.0345. The fourth-order valence-electron chi connectivity index (χ4n) is 6.11. The lowest BCUT2D eigenvalue weighted by molar-refractivity contribution is 0.0115. The molecule has 0 radical (unpaired) electrons. The molecule has 13 heteroatoms. The number of aromatic nitrogens is 4. The lowest BCUT2D eigenvalue weighted by Gasteiger charge is -2.41. The Bertz CT molecular complexity index is 1560. The van der Waals surface area contributed by atoms with Gasteiger partial charge in [0.1, 0.15) is 5.69 Å². The molecule has 226 valence electrons. The van der Waals surface area contributed by atoms with Gasteiger partial charge >= 0.3 is 0 Å². The number of pyridine rings is 2. The van der Waals surface area contributed by atoms with E-state index in [0.717, 1.165) is 94.5 Å². The van der Waals surface area contributed by atoms with Gasteiger partial charge in [-0.1, -0.05) is 6.42 Å². The van der Waals surface area contributed by atoms with Crippen LogP contribution in [0.15, 0.2) is 24.4 Å². The summed E-state index contributed by atoms with van der Waals surface area (Å²) < 4.78 is 39.2. The zero-order valence-corrected chi connectivity index (χ0v) is 25.3. The van der Waals surface area contributed by atoms with E-state index in [1.807, 2.05) is 26.0 Å². The van der Waals surface area contributed by atoms with Gasteiger partial charge in [0.15, 0.2) is 5.65 Å². The number of nitrogens with one attached hydrogen (secondary N) is 1. The maximum atomic E-state index is 13.2. The molecule has 2 saturated heterocycles. The molecule has 42 heavy (non-hydrogen) atoms. The molecule has 0 spiro atoms. The number of nitrogens with zero attached hydrogens (tertiary/aromatic N) is 6. The van der Waals surface area contributed by atoms with Crippen LogP contribution in [0, 0.1) is 0 Å². The summed E-state index contributed by atoms with van der Waals surface area (Å²) >= 11 is 0. The number of rotatable bonds is 8. The van der Waals surface area contributed by atoms with E-state index < -0.39 is 15.9 Å². The second kappa shape index (κ2) is 11.8. The van der Waals surface area contributed by atoms with Gasteiger partial charge in [-0.15, -0.1) is 0 Å². The third-order valence-electron chi connectivity index (χ3n) is 8.33. The largest absolute Gasteiger partial charge is 0.475 e. The Kier molecular flexibility index (Phi) is 8.07. The molecule has 0 bridgehead atoms. The molecule has 6 rings (SSSR count). The Morgan fingerprint density at radius 1 is 1.10 bits per heavy atom. The van der Waals surface area contributed by atoms with E-state index in [-0.39, 0.29) is 11.8 Å². The molecule has 1 N–H and O–H groups in total. The number of hydrogen-bond acceptors (Lipinski definition) is 10. The van der Waals surface area contributed by atoms with Crippen molar-refractivity contribution >= 4 is 32.7 Å². The van der Waals surface area contributed by atoms with E-state index >= 15 is 0 Å². The first-order chi connectivity index (χ1) is 20.2. The molecule has 3 aromatic heterocycles. The molecule has 3 fully saturated rings. The average molecular weight is 598 g/mol. The van der Waals surface area contributed by atoms with Crippen LogP contribution in [-0.4, -0.2) is 96.8 Å². The lowest BCUT2D eigenvalue weighted by Crippen LogP contribution is -2.49. The summed E-state index contributed by atoms with van der Waals surface area (Å²) in [4.78, 5) is 27.1. The Morgan fingerprint density at radius 2 is 1.83 bits per heavy atom. The van der Waals surface area contributed by atoms with Crippen molar-refractivity contribution < 1.29 is 22.7 Å². The van der Waals surface area contributed by atoms with Crippen molar-refractivity contribution in [2.75, 3.05) is 50.5 Å². The number of sulfonamides is 1. The number of carbonyl (C=O) groups is 1. The molecule has 1 saturated carbocycles. The Balaban J connectivity index is 1.45. The van der Waals surface area contributed by atoms with Gasteiger partial charge in [0.2, 0.25) is 15.9 Å². The zero-order valence-electron chi connectivity index (χ0n) is 24.5. The summed E-state index contributed by atoms with van der Waals surface area (Å²) in [5.41, 5.74) is 3.10. The molecule has 3 aliphatic rings. The van der Waals surface area contributed by atoms with Gasteiger partial charge in [-0.25, -0.2) is 27.8 Å². The number of piperidine rings is 1. The molecule has 0 atom stereocenters. The minimum atomic E-state index is -3.78. The maximum Gasteiger partial charge on any atom is 0.283 e. The minimum Gasteiger partial charge on any atom is -0.475 e. The summed E-state index contributed by atoms with van der Waals surface area (Å²) in [6.45, 7) is 8.94. The van der Waals surface area contributed by atoms with Gasteiger partial charge in [-0.2, -0.15) is 5.10 Å². The van der Waals surface area contributed by atoms with Crippen LogP contribution in [0.25, 0.3) is 16.7 Å². The third-order valence-corrected chi connectivity index (χ3v) is 8.89. The highest BCUT2D eigenvalue weighted by Gasteiger charge is 2.33. The second-order valence-corrected chi connectivity index (χ2v) is 13.5. The Morgan fingerprint density at radius 3 is 2.48 bits per heavy atom. The molecule has 12 nitrogen and oxygen atoms in total. The van der Waals surface area contributed by atoms with Crippen LogP contribution in [0.4, 0.5) is 5.69 Å². The SMILES string of the molecule is CC(C)Oc1cc(-n2nc(C3CCC3)c3c(N4CCC(N5CCOCC5)CC4)cc(C(=O)NS(C)(=O)=O)nc32)ccn1. The first kappa shape index (κ1) is 28.8. The highest BCUT2D eigenvalue weighted by atomic mass is 32.2. The van der Waals surface area contributed by atoms with Crippen molar-refractivity contribution in [2.45, 2.75) is 64.0 Å². The smallest absolute Gasteiger partial charge is 0.283 e. The van der Waals surface area contributed by atoms with Crippen LogP contribution in [0.2, 0.25) is 0 Å². The van der Waals surface area contributed by atoms with Crippen LogP contribution < -0.4 is 14.4 Å². The topological polar surface area (TPSA) is 132 Å². The Hall–Kier alpha value is -3.29. The van der Waals surface area contributed by atoms with Crippen LogP contribution in [-0.2, 0) is 14.8 Å². The first-order valence-electron chi connectivity index (χ1n) is 14.8. The second-order valence-electron chi connectivity index (χ2n) is 11.7. The lowest BCUT2D eigenvalue weighted by atomic mass is 9.82. The summed E-state index contributed by atoms with van der Waals surface area (Å²) in [7, 11) is -3.78. The normalized spacial score (nSPS) is 19.3. The number of hydrogen-bond donors (Lipinski definition) is 1. The van der Waals surface area contributed by atoms with E-state index in [0.29, 0.717) is 29.2 Å². The maximum absolute atomic E-state index is 13.2. The molecular formula is C29H39N7O5S. The van der Waals surface area contributed by atoms with Crippen LogP contribution >= 0.6 is 0 Å². The van der Waals surface area contributed by atoms with E-state index in [4.69, 9.17) is 19.6 Å². The summed E-state index contributed by atoms with van der Waals surface area (Å²) in [5, 5.41) is 6.01. The van der Waals surface area contributed by atoms with E-state index in [1.54, 1.807) is 16.9 Å². The van der Waals surface area contributed by atoms with E-state index in [1.165, 1.54) is 0 Å². The predicted molar refractivity (Wildman–Crippen MR) is 159 cm³/mol. The van der Waals surface area contributed by atoms with Gasteiger partial charge in [-0.05, 0) is 51.7 Å². The van der Waals surface area contributed by atoms with Crippen LogP contribution in [0.5, 0.6) is 5.88 Å². The summed E-state index contributed by atoms with van der Waals surface area (Å²) in [6.07, 6.45) is 7.78. The van der Waals surface area contributed by atoms with Gasteiger partial charge in [-0.3, -0.25) is 9.69 Å².